The molecule has 1 unspecified atom stereocenters. The minimum Gasteiger partial charge on any atom is -0.481 e. The van der Waals surface area contributed by atoms with E-state index in [1.807, 2.05) is 0 Å². The molecule has 0 radical (unpaired) electrons. The van der Waals surface area contributed by atoms with Gasteiger partial charge >= 0.3 is 5.97 Å². The third kappa shape index (κ3) is 1.74. The van der Waals surface area contributed by atoms with Crippen LogP contribution in [0, 0.1) is 0 Å². The lowest BCUT2D eigenvalue weighted by molar-refractivity contribution is -0.138. The van der Waals surface area contributed by atoms with E-state index in [1.165, 1.54) is 6.20 Å². The molecule has 2 N–H and O–H groups in total. The van der Waals surface area contributed by atoms with Crippen LogP contribution in [0.3, 0.4) is 0 Å². The van der Waals surface area contributed by atoms with E-state index in [-0.39, 0.29) is 0 Å². The first-order chi connectivity index (χ1) is 5.11. The molecule has 0 amide bonds. The predicted octanol–water partition coefficient (Wildman–Crippen LogP) is 0.886. The van der Waals surface area contributed by atoms with Gasteiger partial charge in [0.15, 0.2) is 5.16 Å². The summed E-state index contributed by atoms with van der Waals surface area (Å²) in [6.07, 6.45) is 1.47. The molecule has 5 heteroatoms. The van der Waals surface area contributed by atoms with Crippen molar-refractivity contribution in [3.8, 4) is 0 Å². The zero-order valence-electron chi connectivity index (χ0n) is 5.90. The van der Waals surface area contributed by atoms with Crippen LogP contribution in [0.5, 0.6) is 0 Å². The number of thiol groups is 1. The summed E-state index contributed by atoms with van der Waals surface area (Å²) >= 11 is 3.91. The van der Waals surface area contributed by atoms with Gasteiger partial charge in [0.05, 0.1) is 12.1 Å². The SMILES string of the molecule is CC(C(=O)O)c1cnc(S)[nH]1. The number of hydrogen-bond acceptors (Lipinski definition) is 3. The van der Waals surface area contributed by atoms with Gasteiger partial charge < -0.3 is 10.1 Å². The number of carboxylic acid groups (broad SMARTS) is 1. The summed E-state index contributed by atoms with van der Waals surface area (Å²) in [6.45, 7) is 1.59. The van der Waals surface area contributed by atoms with Gasteiger partial charge in [0, 0.05) is 5.69 Å². The molecule has 0 saturated heterocycles. The second-order valence-electron chi connectivity index (χ2n) is 2.22. The van der Waals surface area contributed by atoms with E-state index in [4.69, 9.17) is 5.11 Å². The van der Waals surface area contributed by atoms with Gasteiger partial charge in [0.25, 0.3) is 0 Å². The Kier molecular flexibility index (Phi) is 2.19. The fourth-order valence-electron chi connectivity index (χ4n) is 0.677. The van der Waals surface area contributed by atoms with Crippen LogP contribution in [0.15, 0.2) is 11.4 Å². The second-order valence-corrected chi connectivity index (χ2v) is 2.65. The predicted molar refractivity (Wildman–Crippen MR) is 41.9 cm³/mol. The van der Waals surface area contributed by atoms with E-state index >= 15 is 0 Å². The average Bonchev–Trinajstić information content (AvgIpc) is 2.34. The smallest absolute Gasteiger partial charge is 0.312 e. The third-order valence-corrected chi connectivity index (χ3v) is 1.65. The first kappa shape index (κ1) is 8.13. The Hall–Kier alpha value is -0.970. The molecule has 0 aliphatic carbocycles. The molecule has 1 aromatic heterocycles. The highest BCUT2D eigenvalue weighted by Gasteiger charge is 2.14. The molecule has 0 aliphatic rings. The standard InChI is InChI=1S/C6H8N2O2S/c1-3(5(9)10)4-2-7-6(11)8-4/h2-3H,1H3,(H,9,10)(H2,7,8,11). The first-order valence-corrected chi connectivity index (χ1v) is 3.52. The zero-order valence-corrected chi connectivity index (χ0v) is 6.80. The lowest BCUT2D eigenvalue weighted by Gasteiger charge is -2.00. The zero-order chi connectivity index (χ0) is 8.43. The maximum absolute atomic E-state index is 10.4. The molecule has 0 saturated carbocycles. The molecular weight excluding hydrogens is 164 g/mol. The van der Waals surface area contributed by atoms with Crippen LogP contribution in [-0.2, 0) is 4.79 Å². The number of carbonyl (C=O) groups is 1. The van der Waals surface area contributed by atoms with Gasteiger partial charge in [-0.05, 0) is 6.92 Å². The van der Waals surface area contributed by atoms with Crippen molar-refractivity contribution in [1.29, 1.82) is 0 Å². The van der Waals surface area contributed by atoms with E-state index in [9.17, 15) is 4.79 Å². The van der Waals surface area contributed by atoms with Crippen molar-refractivity contribution in [3.63, 3.8) is 0 Å². The molecule has 4 nitrogen and oxygen atoms in total. The van der Waals surface area contributed by atoms with E-state index in [0.717, 1.165) is 0 Å². The van der Waals surface area contributed by atoms with Crippen LogP contribution in [0.4, 0.5) is 0 Å². The number of carboxylic acids is 1. The van der Waals surface area contributed by atoms with Crippen molar-refractivity contribution in [2.24, 2.45) is 0 Å². The lowest BCUT2D eigenvalue weighted by atomic mass is 10.1. The number of nitrogens with zero attached hydrogens (tertiary/aromatic N) is 1. The highest BCUT2D eigenvalue weighted by atomic mass is 32.1. The van der Waals surface area contributed by atoms with Gasteiger partial charge in [-0.25, -0.2) is 4.98 Å². The van der Waals surface area contributed by atoms with Gasteiger partial charge in [-0.2, -0.15) is 0 Å². The van der Waals surface area contributed by atoms with E-state index in [0.29, 0.717) is 10.9 Å². The van der Waals surface area contributed by atoms with E-state index in [2.05, 4.69) is 22.6 Å². The summed E-state index contributed by atoms with van der Waals surface area (Å²) in [6, 6.07) is 0. The molecule has 0 bridgehead atoms. The molecule has 60 valence electrons. The van der Waals surface area contributed by atoms with Crippen LogP contribution in [0.25, 0.3) is 0 Å². The number of aliphatic carboxylic acids is 1. The van der Waals surface area contributed by atoms with Crippen molar-refractivity contribution < 1.29 is 9.90 Å². The Morgan fingerprint density at radius 1 is 1.91 bits per heavy atom. The molecule has 0 fully saturated rings. The van der Waals surface area contributed by atoms with Gasteiger partial charge in [-0.3, -0.25) is 4.79 Å². The highest BCUT2D eigenvalue weighted by molar-refractivity contribution is 7.80. The summed E-state index contributed by atoms with van der Waals surface area (Å²) in [4.78, 5) is 16.9. The Balaban J connectivity index is 2.84. The monoisotopic (exact) mass is 172 g/mol. The quantitative estimate of drug-likeness (QED) is 0.580. The number of imidazole rings is 1. The van der Waals surface area contributed by atoms with E-state index in [1.54, 1.807) is 6.92 Å². The minimum absolute atomic E-state index is 0.438. The summed E-state index contributed by atoms with van der Waals surface area (Å²) in [5, 5.41) is 9.01. The van der Waals surface area contributed by atoms with Crippen molar-refractivity contribution in [2.75, 3.05) is 0 Å². The number of aromatic amines is 1. The van der Waals surface area contributed by atoms with Crippen LogP contribution in [0.1, 0.15) is 18.5 Å². The maximum atomic E-state index is 10.4. The molecule has 11 heavy (non-hydrogen) atoms. The molecule has 0 aromatic carbocycles. The Morgan fingerprint density at radius 3 is 2.91 bits per heavy atom. The molecule has 1 heterocycles. The molecule has 1 atom stereocenters. The summed E-state index contributed by atoms with van der Waals surface area (Å²) in [5.74, 6) is -1.43. The number of rotatable bonds is 2. The number of hydrogen-bond donors (Lipinski definition) is 3. The van der Waals surface area contributed by atoms with Gasteiger partial charge in [-0.15, -0.1) is 12.6 Å². The van der Waals surface area contributed by atoms with Gasteiger partial charge in [0.1, 0.15) is 0 Å². The Bertz CT molecular complexity index is 271. The summed E-state index contributed by atoms with van der Waals surface area (Å²) in [5.41, 5.74) is 0.572. The second kappa shape index (κ2) is 2.96. The first-order valence-electron chi connectivity index (χ1n) is 3.08. The minimum atomic E-state index is -0.873. The van der Waals surface area contributed by atoms with Crippen LogP contribution in [-0.4, -0.2) is 21.0 Å². The fourth-order valence-corrected chi connectivity index (χ4v) is 0.864. The lowest BCUT2D eigenvalue weighted by Crippen LogP contribution is -2.07. The summed E-state index contributed by atoms with van der Waals surface area (Å²) < 4.78 is 0. The van der Waals surface area contributed by atoms with Crippen LogP contribution < -0.4 is 0 Å². The average molecular weight is 172 g/mol. The van der Waals surface area contributed by atoms with E-state index < -0.39 is 11.9 Å². The number of aromatic nitrogens is 2. The Labute approximate surface area is 69.1 Å². The highest BCUT2D eigenvalue weighted by Crippen LogP contribution is 2.13. The number of H-pyrrole nitrogens is 1. The molecule has 1 aromatic rings. The Morgan fingerprint density at radius 2 is 2.55 bits per heavy atom. The molecule has 0 aliphatic heterocycles. The number of nitrogens with one attached hydrogen (secondary N) is 1. The molecule has 0 spiro atoms. The van der Waals surface area contributed by atoms with Crippen molar-refractivity contribution in [1.82, 2.24) is 9.97 Å². The topological polar surface area (TPSA) is 66.0 Å². The molecule has 1 rings (SSSR count). The van der Waals surface area contributed by atoms with Crippen molar-refractivity contribution in [3.05, 3.63) is 11.9 Å². The normalized spacial score (nSPS) is 12.9. The van der Waals surface area contributed by atoms with Gasteiger partial charge in [0.2, 0.25) is 0 Å². The van der Waals surface area contributed by atoms with Crippen molar-refractivity contribution >= 4 is 18.6 Å². The van der Waals surface area contributed by atoms with Crippen LogP contribution in [0.2, 0.25) is 0 Å². The van der Waals surface area contributed by atoms with Crippen molar-refractivity contribution in [2.45, 2.75) is 18.0 Å². The fraction of sp³-hybridized carbons (Fsp3) is 0.333. The van der Waals surface area contributed by atoms with Crippen LogP contribution >= 0.6 is 12.6 Å². The summed E-state index contributed by atoms with van der Waals surface area (Å²) in [7, 11) is 0. The third-order valence-electron chi connectivity index (χ3n) is 1.42. The van der Waals surface area contributed by atoms with Gasteiger partial charge in [-0.1, -0.05) is 0 Å². The maximum Gasteiger partial charge on any atom is 0.312 e. The largest absolute Gasteiger partial charge is 0.481 e. The molecular formula is C6H8N2O2S.